The third-order valence-electron chi connectivity index (χ3n) is 3.55. The SMILES string of the molecule is COC(C)(C)CC(C)C1CCNCC1. The summed E-state index contributed by atoms with van der Waals surface area (Å²) in [5.41, 5.74) is 0.0459. The van der Waals surface area contributed by atoms with Crippen LogP contribution in [0.4, 0.5) is 0 Å². The quantitative estimate of drug-likeness (QED) is 0.751. The molecular weight excluding hydrogens is 174 g/mol. The second-order valence-electron chi connectivity index (χ2n) is 5.23. The van der Waals surface area contributed by atoms with E-state index >= 15 is 0 Å². The van der Waals surface area contributed by atoms with E-state index in [0.29, 0.717) is 0 Å². The molecular formula is C12H25NO. The third kappa shape index (κ3) is 3.58. The minimum atomic E-state index is 0.0459. The van der Waals surface area contributed by atoms with E-state index in [2.05, 4.69) is 26.1 Å². The van der Waals surface area contributed by atoms with Crippen LogP contribution in [0.2, 0.25) is 0 Å². The first-order valence-electron chi connectivity index (χ1n) is 5.81. The van der Waals surface area contributed by atoms with Crippen LogP contribution >= 0.6 is 0 Å². The maximum absolute atomic E-state index is 5.48. The molecule has 1 fully saturated rings. The Balaban J connectivity index is 2.36. The Morgan fingerprint density at radius 3 is 2.43 bits per heavy atom. The van der Waals surface area contributed by atoms with Crippen molar-refractivity contribution in [1.82, 2.24) is 5.32 Å². The van der Waals surface area contributed by atoms with E-state index < -0.39 is 0 Å². The molecule has 1 saturated heterocycles. The van der Waals surface area contributed by atoms with Crippen LogP contribution in [0.15, 0.2) is 0 Å². The lowest BCUT2D eigenvalue weighted by atomic mass is 9.80. The number of nitrogens with one attached hydrogen (secondary N) is 1. The van der Waals surface area contributed by atoms with Crippen molar-refractivity contribution in [3.8, 4) is 0 Å². The first-order valence-corrected chi connectivity index (χ1v) is 5.81. The summed E-state index contributed by atoms with van der Waals surface area (Å²) in [4.78, 5) is 0. The van der Waals surface area contributed by atoms with Crippen molar-refractivity contribution in [3.05, 3.63) is 0 Å². The first kappa shape index (κ1) is 12.0. The fourth-order valence-corrected chi connectivity index (χ4v) is 2.44. The van der Waals surface area contributed by atoms with Crippen molar-refractivity contribution < 1.29 is 4.74 Å². The molecule has 1 aliphatic heterocycles. The number of piperidine rings is 1. The van der Waals surface area contributed by atoms with Gasteiger partial charge in [-0.1, -0.05) is 6.92 Å². The van der Waals surface area contributed by atoms with E-state index in [9.17, 15) is 0 Å². The van der Waals surface area contributed by atoms with Gasteiger partial charge in [-0.15, -0.1) is 0 Å². The molecule has 0 aliphatic carbocycles. The fraction of sp³-hybridized carbons (Fsp3) is 1.00. The molecule has 2 heteroatoms. The van der Waals surface area contributed by atoms with Crippen LogP contribution in [0.25, 0.3) is 0 Å². The van der Waals surface area contributed by atoms with Crippen LogP contribution in [0, 0.1) is 11.8 Å². The van der Waals surface area contributed by atoms with Gasteiger partial charge in [-0.2, -0.15) is 0 Å². The Hall–Kier alpha value is -0.0800. The first-order chi connectivity index (χ1) is 6.55. The summed E-state index contributed by atoms with van der Waals surface area (Å²) >= 11 is 0. The molecule has 2 nitrogen and oxygen atoms in total. The van der Waals surface area contributed by atoms with Gasteiger partial charge in [-0.3, -0.25) is 0 Å². The molecule has 0 bridgehead atoms. The van der Waals surface area contributed by atoms with Gasteiger partial charge in [0.2, 0.25) is 0 Å². The van der Waals surface area contributed by atoms with Crippen LogP contribution in [-0.4, -0.2) is 25.8 Å². The van der Waals surface area contributed by atoms with Crippen molar-refractivity contribution in [2.24, 2.45) is 11.8 Å². The monoisotopic (exact) mass is 199 g/mol. The summed E-state index contributed by atoms with van der Waals surface area (Å²) in [6.45, 7) is 9.14. The second-order valence-corrected chi connectivity index (χ2v) is 5.23. The predicted molar refractivity (Wildman–Crippen MR) is 60.5 cm³/mol. The summed E-state index contributed by atoms with van der Waals surface area (Å²) in [6, 6.07) is 0. The van der Waals surface area contributed by atoms with Crippen molar-refractivity contribution in [1.29, 1.82) is 0 Å². The van der Waals surface area contributed by atoms with Crippen molar-refractivity contribution in [2.45, 2.75) is 45.6 Å². The van der Waals surface area contributed by atoms with Gasteiger partial charge < -0.3 is 10.1 Å². The highest BCUT2D eigenvalue weighted by molar-refractivity contribution is 4.79. The number of hydrogen-bond acceptors (Lipinski definition) is 2. The number of ether oxygens (including phenoxy) is 1. The number of rotatable bonds is 4. The third-order valence-corrected chi connectivity index (χ3v) is 3.55. The smallest absolute Gasteiger partial charge is 0.0625 e. The Kier molecular flexibility index (Phi) is 4.39. The molecule has 84 valence electrons. The van der Waals surface area contributed by atoms with Crippen molar-refractivity contribution in [2.75, 3.05) is 20.2 Å². The molecule has 0 radical (unpaired) electrons. The van der Waals surface area contributed by atoms with E-state index in [4.69, 9.17) is 4.74 Å². The Morgan fingerprint density at radius 1 is 1.36 bits per heavy atom. The van der Waals surface area contributed by atoms with Crippen LogP contribution < -0.4 is 5.32 Å². The van der Waals surface area contributed by atoms with Crippen molar-refractivity contribution >= 4 is 0 Å². The lowest BCUT2D eigenvalue weighted by molar-refractivity contribution is -0.00493. The summed E-state index contributed by atoms with van der Waals surface area (Å²) in [5, 5.41) is 3.42. The zero-order chi connectivity index (χ0) is 10.6. The molecule has 0 aromatic rings. The molecule has 1 N–H and O–H groups in total. The van der Waals surface area contributed by atoms with Gasteiger partial charge in [0.05, 0.1) is 5.60 Å². The van der Waals surface area contributed by atoms with Gasteiger partial charge in [-0.25, -0.2) is 0 Å². The summed E-state index contributed by atoms with van der Waals surface area (Å²) in [7, 11) is 1.81. The van der Waals surface area contributed by atoms with Gasteiger partial charge in [0.15, 0.2) is 0 Å². The highest BCUT2D eigenvalue weighted by Crippen LogP contribution is 2.29. The Morgan fingerprint density at radius 2 is 1.93 bits per heavy atom. The van der Waals surface area contributed by atoms with Crippen LogP contribution in [0.1, 0.15) is 40.0 Å². The highest BCUT2D eigenvalue weighted by atomic mass is 16.5. The normalized spacial score (nSPS) is 22.3. The lowest BCUT2D eigenvalue weighted by Crippen LogP contribution is -2.34. The molecule has 1 atom stereocenters. The van der Waals surface area contributed by atoms with E-state index in [0.717, 1.165) is 11.8 Å². The standard InChI is InChI=1S/C12H25NO/c1-10(9-12(2,3)14-4)11-5-7-13-8-6-11/h10-11,13H,5-9H2,1-4H3. The molecule has 0 saturated carbocycles. The Labute approximate surface area is 88.4 Å². The summed E-state index contributed by atoms with van der Waals surface area (Å²) in [6.07, 6.45) is 3.84. The zero-order valence-corrected chi connectivity index (χ0v) is 10.1. The van der Waals surface area contributed by atoms with Gasteiger partial charge in [0.1, 0.15) is 0 Å². The van der Waals surface area contributed by atoms with E-state index in [1.54, 1.807) is 0 Å². The van der Waals surface area contributed by atoms with Crippen LogP contribution in [0.5, 0.6) is 0 Å². The minimum Gasteiger partial charge on any atom is -0.379 e. The van der Waals surface area contributed by atoms with E-state index in [1.165, 1.54) is 32.4 Å². The minimum absolute atomic E-state index is 0.0459. The molecule has 0 aromatic heterocycles. The van der Waals surface area contributed by atoms with Gasteiger partial charge in [0.25, 0.3) is 0 Å². The second kappa shape index (κ2) is 5.13. The topological polar surface area (TPSA) is 21.3 Å². The van der Waals surface area contributed by atoms with Crippen LogP contribution in [0.3, 0.4) is 0 Å². The molecule has 0 amide bonds. The van der Waals surface area contributed by atoms with E-state index in [1.807, 2.05) is 7.11 Å². The highest BCUT2D eigenvalue weighted by Gasteiger charge is 2.26. The van der Waals surface area contributed by atoms with Crippen molar-refractivity contribution in [3.63, 3.8) is 0 Å². The average molecular weight is 199 g/mol. The van der Waals surface area contributed by atoms with E-state index in [-0.39, 0.29) is 5.60 Å². The molecule has 1 rings (SSSR count). The average Bonchev–Trinajstić information content (AvgIpc) is 2.19. The fourth-order valence-electron chi connectivity index (χ4n) is 2.44. The van der Waals surface area contributed by atoms with Gasteiger partial charge in [-0.05, 0) is 58.0 Å². The summed E-state index contributed by atoms with van der Waals surface area (Å²) in [5.74, 6) is 1.68. The molecule has 0 spiro atoms. The zero-order valence-electron chi connectivity index (χ0n) is 10.1. The Bertz CT molecular complexity index is 162. The maximum Gasteiger partial charge on any atom is 0.0625 e. The summed E-state index contributed by atoms with van der Waals surface area (Å²) < 4.78 is 5.48. The molecule has 1 aliphatic rings. The largest absolute Gasteiger partial charge is 0.379 e. The number of hydrogen-bond donors (Lipinski definition) is 1. The predicted octanol–water partition coefficient (Wildman–Crippen LogP) is 2.44. The maximum atomic E-state index is 5.48. The van der Waals surface area contributed by atoms with Gasteiger partial charge >= 0.3 is 0 Å². The molecule has 1 unspecified atom stereocenters. The number of methoxy groups -OCH3 is 1. The molecule has 0 aromatic carbocycles. The van der Waals surface area contributed by atoms with Crippen LogP contribution in [-0.2, 0) is 4.74 Å². The lowest BCUT2D eigenvalue weighted by Gasteiger charge is -2.33. The molecule has 14 heavy (non-hydrogen) atoms. The molecule has 1 heterocycles. The van der Waals surface area contributed by atoms with Gasteiger partial charge in [0, 0.05) is 7.11 Å².